The van der Waals surface area contributed by atoms with Gasteiger partial charge in [0.25, 0.3) is 0 Å². The van der Waals surface area contributed by atoms with Gasteiger partial charge in [-0.15, -0.1) is 0 Å². The molecule has 0 aromatic heterocycles. The number of halogens is 2. The molecule has 18 heavy (non-hydrogen) atoms. The van der Waals surface area contributed by atoms with Crippen LogP contribution in [-0.2, 0) is 0 Å². The van der Waals surface area contributed by atoms with Crippen molar-refractivity contribution < 1.29 is 4.74 Å². The van der Waals surface area contributed by atoms with Crippen molar-refractivity contribution in [3.8, 4) is 5.75 Å². The summed E-state index contributed by atoms with van der Waals surface area (Å²) in [6.07, 6.45) is 2.38. The van der Waals surface area contributed by atoms with E-state index >= 15 is 0 Å². The summed E-state index contributed by atoms with van der Waals surface area (Å²) in [7, 11) is 0. The fourth-order valence-electron chi connectivity index (χ4n) is 2.50. The van der Waals surface area contributed by atoms with Crippen LogP contribution in [0.3, 0.4) is 0 Å². The average molecular weight is 288 g/mol. The Kier molecular flexibility index (Phi) is 4.77. The second kappa shape index (κ2) is 6.14. The second-order valence-corrected chi connectivity index (χ2v) is 5.69. The van der Waals surface area contributed by atoms with Crippen molar-refractivity contribution in [1.29, 1.82) is 0 Å². The summed E-state index contributed by atoms with van der Waals surface area (Å²) in [5.41, 5.74) is 0.997. The van der Waals surface area contributed by atoms with Crippen LogP contribution in [0.5, 0.6) is 5.75 Å². The van der Waals surface area contributed by atoms with Crippen LogP contribution in [0.2, 0.25) is 10.0 Å². The molecule has 2 nitrogen and oxygen atoms in total. The molecule has 0 radical (unpaired) electrons. The number of aryl methyl sites for hydroxylation is 1. The summed E-state index contributed by atoms with van der Waals surface area (Å²) < 4.78 is 6.13. The van der Waals surface area contributed by atoms with E-state index in [0.29, 0.717) is 16.0 Å². The minimum Gasteiger partial charge on any atom is -0.488 e. The quantitative estimate of drug-likeness (QED) is 0.901. The van der Waals surface area contributed by atoms with E-state index in [4.69, 9.17) is 27.9 Å². The van der Waals surface area contributed by atoms with Gasteiger partial charge in [0.05, 0.1) is 5.02 Å². The number of nitrogens with one attached hydrogen (secondary N) is 1. The molecule has 0 saturated carbocycles. The molecule has 0 bridgehead atoms. The third-order valence-electron chi connectivity index (χ3n) is 3.49. The monoisotopic (exact) mass is 287 g/mol. The molecule has 1 heterocycles. The first-order valence-electron chi connectivity index (χ1n) is 6.44. The Morgan fingerprint density at radius 1 is 1.44 bits per heavy atom. The number of hydrogen-bond donors (Lipinski definition) is 1. The van der Waals surface area contributed by atoms with Gasteiger partial charge in [0, 0.05) is 17.5 Å². The van der Waals surface area contributed by atoms with Crippen molar-refractivity contribution in [3.05, 3.63) is 27.7 Å². The maximum absolute atomic E-state index is 6.22. The van der Waals surface area contributed by atoms with Crippen LogP contribution >= 0.6 is 23.2 Å². The van der Waals surface area contributed by atoms with E-state index in [9.17, 15) is 0 Å². The van der Waals surface area contributed by atoms with Gasteiger partial charge in [0.1, 0.15) is 11.9 Å². The predicted octanol–water partition coefficient (Wildman–Crippen LogP) is 4.07. The van der Waals surface area contributed by atoms with E-state index in [-0.39, 0.29) is 6.10 Å². The Bertz CT molecular complexity index is 393. The molecule has 1 aliphatic rings. The molecular weight excluding hydrogens is 269 g/mol. The van der Waals surface area contributed by atoms with E-state index in [1.165, 1.54) is 6.42 Å². The van der Waals surface area contributed by atoms with Gasteiger partial charge in [-0.1, -0.05) is 30.1 Å². The summed E-state index contributed by atoms with van der Waals surface area (Å²) in [4.78, 5) is 0. The molecule has 0 aliphatic carbocycles. The summed E-state index contributed by atoms with van der Waals surface area (Å²) in [6, 6.07) is 3.63. The van der Waals surface area contributed by atoms with Crippen molar-refractivity contribution >= 4 is 23.2 Å². The normalized spacial score (nSPS) is 21.0. The zero-order chi connectivity index (χ0) is 13.1. The van der Waals surface area contributed by atoms with Gasteiger partial charge in [-0.3, -0.25) is 0 Å². The summed E-state index contributed by atoms with van der Waals surface area (Å²) in [5.74, 6) is 1.35. The Labute approximate surface area is 119 Å². The summed E-state index contributed by atoms with van der Waals surface area (Å²) >= 11 is 12.2. The highest BCUT2D eigenvalue weighted by Gasteiger charge is 2.26. The topological polar surface area (TPSA) is 21.3 Å². The first kappa shape index (κ1) is 14.0. The van der Waals surface area contributed by atoms with Crippen molar-refractivity contribution in [2.75, 3.05) is 13.1 Å². The summed E-state index contributed by atoms with van der Waals surface area (Å²) in [5, 5.41) is 4.63. The van der Waals surface area contributed by atoms with Gasteiger partial charge >= 0.3 is 0 Å². The zero-order valence-corrected chi connectivity index (χ0v) is 12.3. The van der Waals surface area contributed by atoms with Crippen LogP contribution in [0.25, 0.3) is 0 Å². The van der Waals surface area contributed by atoms with Crippen molar-refractivity contribution in [2.45, 2.75) is 32.8 Å². The van der Waals surface area contributed by atoms with Gasteiger partial charge in [0.15, 0.2) is 0 Å². The molecule has 2 rings (SSSR count). The Morgan fingerprint density at radius 2 is 2.22 bits per heavy atom. The molecule has 1 aromatic rings. The fourth-order valence-corrected chi connectivity index (χ4v) is 3.14. The molecule has 1 unspecified atom stereocenters. The van der Waals surface area contributed by atoms with Crippen molar-refractivity contribution in [1.82, 2.24) is 5.32 Å². The molecule has 4 heteroatoms. The predicted molar refractivity (Wildman–Crippen MR) is 76.9 cm³/mol. The van der Waals surface area contributed by atoms with Crippen LogP contribution in [0, 0.1) is 12.8 Å². The smallest absolute Gasteiger partial charge is 0.141 e. The van der Waals surface area contributed by atoms with Crippen LogP contribution in [0.1, 0.15) is 25.3 Å². The lowest BCUT2D eigenvalue weighted by molar-refractivity contribution is 0.138. The molecule has 1 fully saturated rings. The van der Waals surface area contributed by atoms with Gasteiger partial charge < -0.3 is 10.1 Å². The first-order valence-corrected chi connectivity index (χ1v) is 7.20. The standard InChI is InChI=1S/C14H19Cl2NO/c1-3-13(10-4-5-17-8-10)18-14-9(2)6-11(15)7-12(14)16/h6-7,10,13,17H,3-5,8H2,1-2H3/t10?,13-/m0/s1. The lowest BCUT2D eigenvalue weighted by atomic mass is 9.99. The zero-order valence-electron chi connectivity index (χ0n) is 10.8. The largest absolute Gasteiger partial charge is 0.488 e. The molecule has 100 valence electrons. The highest BCUT2D eigenvalue weighted by atomic mass is 35.5. The molecule has 1 saturated heterocycles. The number of hydrogen-bond acceptors (Lipinski definition) is 2. The van der Waals surface area contributed by atoms with Crippen LogP contribution in [0.15, 0.2) is 12.1 Å². The number of rotatable bonds is 4. The molecular formula is C14H19Cl2NO. The second-order valence-electron chi connectivity index (χ2n) is 4.85. The minimum absolute atomic E-state index is 0.220. The molecule has 0 spiro atoms. The first-order chi connectivity index (χ1) is 8.61. The molecule has 1 aliphatic heterocycles. The van der Waals surface area contributed by atoms with E-state index in [1.807, 2.05) is 13.0 Å². The Balaban J connectivity index is 2.16. The van der Waals surface area contributed by atoms with Gasteiger partial charge in [0.2, 0.25) is 0 Å². The van der Waals surface area contributed by atoms with Crippen LogP contribution in [-0.4, -0.2) is 19.2 Å². The maximum atomic E-state index is 6.22. The molecule has 1 aromatic carbocycles. The Hall–Kier alpha value is -0.440. The highest BCUT2D eigenvalue weighted by Crippen LogP contribution is 2.34. The average Bonchev–Trinajstić information content (AvgIpc) is 2.81. The number of ether oxygens (including phenoxy) is 1. The summed E-state index contributed by atoms with van der Waals surface area (Å²) in [6.45, 7) is 6.25. The highest BCUT2D eigenvalue weighted by molar-refractivity contribution is 6.35. The van der Waals surface area contributed by atoms with Crippen LogP contribution in [0.4, 0.5) is 0 Å². The van der Waals surface area contributed by atoms with Gasteiger partial charge in [-0.2, -0.15) is 0 Å². The van der Waals surface area contributed by atoms with Gasteiger partial charge in [-0.25, -0.2) is 0 Å². The number of benzene rings is 1. The lowest BCUT2D eigenvalue weighted by Crippen LogP contribution is -2.28. The fraction of sp³-hybridized carbons (Fsp3) is 0.571. The van der Waals surface area contributed by atoms with E-state index in [0.717, 1.165) is 30.8 Å². The van der Waals surface area contributed by atoms with Crippen molar-refractivity contribution in [2.24, 2.45) is 5.92 Å². The molecule has 1 N–H and O–H groups in total. The lowest BCUT2D eigenvalue weighted by Gasteiger charge is -2.24. The third-order valence-corrected chi connectivity index (χ3v) is 3.99. The maximum Gasteiger partial charge on any atom is 0.141 e. The van der Waals surface area contributed by atoms with E-state index in [2.05, 4.69) is 12.2 Å². The van der Waals surface area contributed by atoms with E-state index < -0.39 is 0 Å². The van der Waals surface area contributed by atoms with Crippen LogP contribution < -0.4 is 10.1 Å². The van der Waals surface area contributed by atoms with Gasteiger partial charge in [-0.05, 0) is 44.0 Å². The minimum atomic E-state index is 0.220. The molecule has 2 atom stereocenters. The van der Waals surface area contributed by atoms with E-state index in [1.54, 1.807) is 6.07 Å². The van der Waals surface area contributed by atoms with Crippen molar-refractivity contribution in [3.63, 3.8) is 0 Å². The Morgan fingerprint density at radius 3 is 2.78 bits per heavy atom. The third kappa shape index (κ3) is 3.11. The SMILES string of the molecule is CC[C@H](Oc1c(C)cc(Cl)cc1Cl)C1CCNC1. The molecule has 0 amide bonds.